The summed E-state index contributed by atoms with van der Waals surface area (Å²) in [6.45, 7) is 4.59. The number of rotatable bonds is 2. The number of halogens is 1. The highest BCUT2D eigenvalue weighted by Crippen LogP contribution is 2.09. The first-order valence-electron chi connectivity index (χ1n) is 5.99. The van der Waals surface area contributed by atoms with E-state index in [1.54, 1.807) is 0 Å². The van der Waals surface area contributed by atoms with Crippen LogP contribution in [0.1, 0.15) is 19.8 Å². The van der Waals surface area contributed by atoms with Gasteiger partial charge in [-0.25, -0.2) is 0 Å². The molecule has 2 aliphatic rings. The van der Waals surface area contributed by atoms with Gasteiger partial charge in [0.1, 0.15) is 0 Å². The van der Waals surface area contributed by atoms with Crippen molar-refractivity contribution < 1.29 is 14.3 Å². The molecule has 2 fully saturated rings. The normalized spacial score (nSPS) is 33.6. The van der Waals surface area contributed by atoms with Crippen LogP contribution in [0.5, 0.6) is 0 Å². The molecule has 2 N–H and O–H groups in total. The van der Waals surface area contributed by atoms with Crippen LogP contribution >= 0.6 is 12.4 Å². The number of piperidine rings is 1. The molecule has 0 aromatic rings. The third-order valence-corrected chi connectivity index (χ3v) is 3.08. The fraction of sp³-hybridized carbons (Fsp3) is 0.909. The first kappa shape index (κ1) is 14.7. The maximum absolute atomic E-state index is 11.8. The van der Waals surface area contributed by atoms with E-state index in [9.17, 15) is 4.79 Å². The summed E-state index contributed by atoms with van der Waals surface area (Å²) in [4.78, 5) is 11.8. The van der Waals surface area contributed by atoms with Gasteiger partial charge in [-0.2, -0.15) is 0 Å². The topological polar surface area (TPSA) is 59.6 Å². The van der Waals surface area contributed by atoms with Gasteiger partial charge in [0.2, 0.25) is 0 Å². The maximum atomic E-state index is 11.8. The number of carbonyl (C=O) groups excluding carboxylic acids is 1. The Morgan fingerprint density at radius 2 is 2.24 bits per heavy atom. The smallest absolute Gasteiger partial charge is 0.251 e. The molecule has 3 atom stereocenters. The molecule has 5 nitrogen and oxygen atoms in total. The van der Waals surface area contributed by atoms with Gasteiger partial charge in [-0.15, -0.1) is 12.4 Å². The van der Waals surface area contributed by atoms with E-state index in [2.05, 4.69) is 17.6 Å². The summed E-state index contributed by atoms with van der Waals surface area (Å²) in [7, 11) is 0. The third-order valence-electron chi connectivity index (χ3n) is 3.08. The van der Waals surface area contributed by atoms with Crippen LogP contribution in [-0.4, -0.2) is 50.5 Å². The first-order chi connectivity index (χ1) is 7.75. The lowest BCUT2D eigenvalue weighted by atomic mass is 10.0. The molecule has 6 heteroatoms. The molecule has 2 saturated heterocycles. The van der Waals surface area contributed by atoms with Gasteiger partial charge in [0.25, 0.3) is 5.91 Å². The van der Waals surface area contributed by atoms with Crippen molar-refractivity contribution in [2.75, 3.05) is 26.4 Å². The molecule has 0 spiro atoms. The Balaban J connectivity index is 0.00000144. The Hall–Kier alpha value is -0.360. The van der Waals surface area contributed by atoms with Crippen molar-refractivity contribution in [3.05, 3.63) is 0 Å². The minimum atomic E-state index is -0.418. The third kappa shape index (κ3) is 4.43. The molecule has 0 aromatic heterocycles. The summed E-state index contributed by atoms with van der Waals surface area (Å²) in [5.41, 5.74) is 0. The van der Waals surface area contributed by atoms with Crippen molar-refractivity contribution in [2.24, 2.45) is 0 Å². The first-order valence-corrected chi connectivity index (χ1v) is 5.99. The molecular weight excluding hydrogens is 244 g/mol. The zero-order valence-electron chi connectivity index (χ0n) is 10.1. The predicted octanol–water partition coefficient (Wildman–Crippen LogP) is 0.0803. The predicted molar refractivity (Wildman–Crippen MR) is 66.4 cm³/mol. The molecule has 0 radical (unpaired) electrons. The van der Waals surface area contributed by atoms with Gasteiger partial charge in [-0.05, 0) is 26.3 Å². The molecule has 3 unspecified atom stereocenters. The lowest BCUT2D eigenvalue weighted by Gasteiger charge is -2.30. The lowest BCUT2D eigenvalue weighted by Crippen LogP contribution is -2.51. The quantitative estimate of drug-likeness (QED) is 0.742. The number of ether oxygens (including phenoxy) is 2. The second-order valence-corrected chi connectivity index (χ2v) is 4.52. The van der Waals surface area contributed by atoms with Gasteiger partial charge in [0.15, 0.2) is 6.10 Å². The van der Waals surface area contributed by atoms with Crippen molar-refractivity contribution in [1.29, 1.82) is 0 Å². The largest absolute Gasteiger partial charge is 0.376 e. The van der Waals surface area contributed by atoms with Crippen LogP contribution in [-0.2, 0) is 14.3 Å². The van der Waals surface area contributed by atoms with Crippen LogP contribution in [0.25, 0.3) is 0 Å². The molecule has 2 aliphatic heterocycles. The van der Waals surface area contributed by atoms with E-state index < -0.39 is 6.10 Å². The molecule has 0 saturated carbocycles. The minimum absolute atomic E-state index is 0. The van der Waals surface area contributed by atoms with Gasteiger partial charge < -0.3 is 20.1 Å². The van der Waals surface area contributed by atoms with E-state index in [1.165, 1.54) is 0 Å². The second kappa shape index (κ2) is 7.16. The lowest BCUT2D eigenvalue weighted by molar-refractivity contribution is -0.148. The van der Waals surface area contributed by atoms with E-state index in [1.807, 2.05) is 0 Å². The summed E-state index contributed by atoms with van der Waals surface area (Å²) in [6.07, 6.45) is 1.56. The molecule has 2 rings (SSSR count). The average Bonchev–Trinajstić information content (AvgIpc) is 2.30. The summed E-state index contributed by atoms with van der Waals surface area (Å²) in [5.74, 6) is -0.0289. The van der Waals surface area contributed by atoms with Gasteiger partial charge in [0, 0.05) is 12.1 Å². The molecular formula is C11H21ClN2O3. The molecule has 17 heavy (non-hydrogen) atoms. The van der Waals surface area contributed by atoms with E-state index in [4.69, 9.17) is 9.47 Å². The second-order valence-electron chi connectivity index (χ2n) is 4.52. The fourth-order valence-corrected chi connectivity index (χ4v) is 2.20. The monoisotopic (exact) mass is 264 g/mol. The van der Waals surface area contributed by atoms with E-state index in [-0.39, 0.29) is 24.4 Å². The van der Waals surface area contributed by atoms with Crippen molar-refractivity contribution in [1.82, 2.24) is 10.6 Å². The van der Waals surface area contributed by atoms with E-state index in [0.29, 0.717) is 25.9 Å². The highest BCUT2D eigenvalue weighted by atomic mass is 35.5. The highest BCUT2D eigenvalue weighted by Gasteiger charge is 2.26. The Kier molecular flexibility index (Phi) is 6.19. The molecule has 0 aromatic carbocycles. The fourth-order valence-electron chi connectivity index (χ4n) is 2.20. The number of amides is 1. The Morgan fingerprint density at radius 3 is 2.88 bits per heavy atom. The number of nitrogens with one attached hydrogen (secondary N) is 2. The van der Waals surface area contributed by atoms with Gasteiger partial charge in [-0.3, -0.25) is 4.79 Å². The van der Waals surface area contributed by atoms with Crippen LogP contribution in [0.2, 0.25) is 0 Å². The zero-order valence-corrected chi connectivity index (χ0v) is 10.9. The van der Waals surface area contributed by atoms with Gasteiger partial charge >= 0.3 is 0 Å². The summed E-state index contributed by atoms with van der Waals surface area (Å²) in [6, 6.07) is 0.747. The summed E-state index contributed by atoms with van der Waals surface area (Å²) >= 11 is 0. The molecule has 0 aliphatic carbocycles. The van der Waals surface area contributed by atoms with E-state index in [0.717, 1.165) is 19.4 Å². The Bertz CT molecular complexity index is 247. The standard InChI is InChI=1S/C11H20N2O3.ClH/c1-8-6-9(2-3-12-8)13-11(14)10-7-15-4-5-16-10;/h8-10,12H,2-7H2,1H3,(H,13,14);1H. The van der Waals surface area contributed by atoms with Crippen molar-refractivity contribution in [3.63, 3.8) is 0 Å². The summed E-state index contributed by atoms with van der Waals surface area (Å²) in [5, 5.41) is 6.39. The molecule has 100 valence electrons. The van der Waals surface area contributed by atoms with Crippen LogP contribution in [0, 0.1) is 0 Å². The Morgan fingerprint density at radius 1 is 1.41 bits per heavy atom. The minimum Gasteiger partial charge on any atom is -0.376 e. The van der Waals surface area contributed by atoms with Crippen molar-refractivity contribution in [2.45, 2.75) is 38.0 Å². The zero-order chi connectivity index (χ0) is 11.4. The molecule has 1 amide bonds. The SMILES string of the molecule is CC1CC(NC(=O)C2COCCO2)CCN1.Cl. The number of carbonyl (C=O) groups is 1. The van der Waals surface area contributed by atoms with Crippen LogP contribution < -0.4 is 10.6 Å². The Labute approximate surface area is 108 Å². The van der Waals surface area contributed by atoms with Crippen LogP contribution in [0.4, 0.5) is 0 Å². The average molecular weight is 265 g/mol. The summed E-state index contributed by atoms with van der Waals surface area (Å²) < 4.78 is 10.6. The van der Waals surface area contributed by atoms with Crippen LogP contribution in [0.3, 0.4) is 0 Å². The van der Waals surface area contributed by atoms with Crippen molar-refractivity contribution in [3.8, 4) is 0 Å². The molecule has 2 heterocycles. The van der Waals surface area contributed by atoms with Gasteiger partial charge in [-0.1, -0.05) is 0 Å². The molecule has 0 bridgehead atoms. The van der Waals surface area contributed by atoms with E-state index >= 15 is 0 Å². The maximum Gasteiger partial charge on any atom is 0.251 e. The van der Waals surface area contributed by atoms with Gasteiger partial charge in [0.05, 0.1) is 19.8 Å². The van der Waals surface area contributed by atoms with Crippen LogP contribution in [0.15, 0.2) is 0 Å². The highest BCUT2D eigenvalue weighted by molar-refractivity contribution is 5.85. The number of hydrogen-bond acceptors (Lipinski definition) is 4. The number of hydrogen-bond donors (Lipinski definition) is 2. The van der Waals surface area contributed by atoms with Crippen molar-refractivity contribution >= 4 is 18.3 Å².